The molecule has 0 aromatic heterocycles. The lowest BCUT2D eigenvalue weighted by Crippen LogP contribution is -2.57. The number of amides is 4. The van der Waals surface area contributed by atoms with Gasteiger partial charge in [-0.3, -0.25) is 19.2 Å². The van der Waals surface area contributed by atoms with Crippen LogP contribution in [-0.4, -0.2) is 80.9 Å². The second-order valence-electron chi connectivity index (χ2n) is 15.9. The Bertz CT molecular complexity index is 2000. The van der Waals surface area contributed by atoms with Crippen molar-refractivity contribution in [3.8, 4) is 11.5 Å². The summed E-state index contributed by atoms with van der Waals surface area (Å²) in [6.45, 7) is 8.74. The van der Waals surface area contributed by atoms with Crippen LogP contribution in [0.1, 0.15) is 68.5 Å². The summed E-state index contributed by atoms with van der Waals surface area (Å²) in [6.07, 6.45) is 2.44. The summed E-state index contributed by atoms with van der Waals surface area (Å²) >= 11 is 0. The molecule has 0 fully saturated rings. The molecular formula is C46H58Cl2N6O6. The average molecular weight is 862 g/mol. The Kier molecular flexibility index (Phi) is 16.6. The molecule has 2 heterocycles. The molecule has 0 bridgehead atoms. The molecule has 2 aliphatic rings. The smallest absolute Gasteiger partial charge is 0.243 e. The number of benzene rings is 4. The molecule has 0 saturated heterocycles. The molecule has 60 heavy (non-hydrogen) atoms. The van der Waals surface area contributed by atoms with Crippen LogP contribution in [0.4, 0.5) is 0 Å². The minimum absolute atomic E-state index is 0. The van der Waals surface area contributed by atoms with E-state index in [0.29, 0.717) is 38.8 Å². The highest BCUT2D eigenvalue weighted by atomic mass is 35.5. The van der Waals surface area contributed by atoms with Gasteiger partial charge in [0.2, 0.25) is 23.6 Å². The number of fused-ring (bicyclic) bond motifs is 2. The molecule has 12 nitrogen and oxygen atoms in total. The van der Waals surface area contributed by atoms with Crippen molar-refractivity contribution >= 4 is 48.4 Å². The molecule has 4 aromatic rings. The molecular weight excluding hydrogens is 803 g/mol. The fraction of sp³-hybridized carbons (Fsp3) is 0.391. The standard InChI is InChI=1S/C46H56N6O6.2ClH/c1-27-17-35(53)18-28(2)37(27)23-39(47)45(57)51-25-33-13-7-5-11-31(33)21-41(51)43(55)49-15-9-10-16-50-44(56)42-22-32-12-6-8-14-34(32)26-52(42)46(58)40(48)24-38-29(3)19-36(54)20-30(38)4;;/h5-8,11-14,17-20,39-42,53-54H,9-10,15-16,21-26,47-48H2,1-4H3,(H,49,55)(H,50,56);2*1H/t39-,40-,41-,42-;;/m0../s1. The van der Waals surface area contributed by atoms with Gasteiger partial charge in [-0.15, -0.1) is 24.8 Å². The normalized spacial score (nSPS) is 16.6. The number of phenols is 2. The van der Waals surface area contributed by atoms with E-state index in [1.165, 1.54) is 0 Å². The SMILES string of the molecule is Cc1cc(O)cc(C)c1C[C@H](N)C(=O)N1Cc2ccccc2C[C@H]1C(=O)NCCCCNC(=O)[C@@H]1Cc2ccccc2CN1C(=O)[C@@H](N)Cc1c(C)cc(O)cc1C.Cl.Cl. The van der Waals surface area contributed by atoms with Crippen molar-refractivity contribution in [1.29, 1.82) is 0 Å². The van der Waals surface area contributed by atoms with Crippen LogP contribution in [-0.2, 0) is 58.0 Å². The molecule has 4 atom stereocenters. The second-order valence-corrected chi connectivity index (χ2v) is 15.9. The molecule has 0 radical (unpaired) electrons. The number of rotatable bonds is 13. The average Bonchev–Trinajstić information content (AvgIpc) is 3.19. The number of nitrogens with two attached hydrogens (primary N) is 2. The molecule has 0 saturated carbocycles. The first-order valence-electron chi connectivity index (χ1n) is 20.1. The molecule has 8 N–H and O–H groups in total. The zero-order valence-corrected chi connectivity index (χ0v) is 36.3. The number of phenolic OH excluding ortho intramolecular Hbond substituents is 2. The number of carbonyl (C=O) groups excluding carboxylic acids is 4. The highest BCUT2D eigenvalue weighted by Gasteiger charge is 2.38. The highest BCUT2D eigenvalue weighted by molar-refractivity contribution is 5.91. The number of nitrogens with one attached hydrogen (secondary N) is 2. The third-order valence-electron chi connectivity index (χ3n) is 11.7. The zero-order valence-electron chi connectivity index (χ0n) is 34.7. The van der Waals surface area contributed by atoms with Gasteiger partial charge in [0.15, 0.2) is 0 Å². The Morgan fingerprint density at radius 2 is 0.917 bits per heavy atom. The Morgan fingerprint density at radius 1 is 0.600 bits per heavy atom. The predicted octanol–water partition coefficient (Wildman–Crippen LogP) is 4.53. The fourth-order valence-corrected chi connectivity index (χ4v) is 8.51. The van der Waals surface area contributed by atoms with Crippen LogP contribution in [0.15, 0.2) is 72.8 Å². The van der Waals surface area contributed by atoms with E-state index in [1.54, 1.807) is 34.1 Å². The molecule has 6 rings (SSSR count). The number of hydrogen-bond acceptors (Lipinski definition) is 8. The molecule has 14 heteroatoms. The monoisotopic (exact) mass is 860 g/mol. The first kappa shape index (κ1) is 47.5. The largest absolute Gasteiger partial charge is 0.508 e. The Balaban J connectivity index is 0.00000397. The number of aryl methyl sites for hydroxylation is 4. The summed E-state index contributed by atoms with van der Waals surface area (Å²) in [5, 5.41) is 26.0. The van der Waals surface area contributed by atoms with Crippen molar-refractivity contribution in [1.82, 2.24) is 20.4 Å². The topological polar surface area (TPSA) is 191 Å². The number of halogens is 2. The van der Waals surface area contributed by atoms with E-state index in [0.717, 1.165) is 55.6 Å². The van der Waals surface area contributed by atoms with E-state index in [9.17, 15) is 29.4 Å². The van der Waals surface area contributed by atoms with Crippen molar-refractivity contribution in [2.75, 3.05) is 13.1 Å². The fourth-order valence-electron chi connectivity index (χ4n) is 8.51. The summed E-state index contributed by atoms with van der Waals surface area (Å²) in [5.74, 6) is -0.829. The van der Waals surface area contributed by atoms with Crippen LogP contribution in [0.5, 0.6) is 11.5 Å². The summed E-state index contributed by atoms with van der Waals surface area (Å²) in [4.78, 5) is 58.4. The van der Waals surface area contributed by atoms with Gasteiger partial charge < -0.3 is 42.1 Å². The molecule has 0 aliphatic carbocycles. The number of unbranched alkanes of at least 4 members (excludes halogenated alkanes) is 1. The van der Waals surface area contributed by atoms with Gasteiger partial charge in [-0.05, 0) is 133 Å². The quantitative estimate of drug-likeness (QED) is 0.106. The van der Waals surface area contributed by atoms with Crippen LogP contribution < -0.4 is 22.1 Å². The van der Waals surface area contributed by atoms with Crippen LogP contribution in [0.3, 0.4) is 0 Å². The maximum Gasteiger partial charge on any atom is 0.243 e. The summed E-state index contributed by atoms with van der Waals surface area (Å²) < 4.78 is 0. The minimum Gasteiger partial charge on any atom is -0.508 e. The van der Waals surface area contributed by atoms with Crippen LogP contribution in [0.2, 0.25) is 0 Å². The highest BCUT2D eigenvalue weighted by Crippen LogP contribution is 2.28. The number of aromatic hydroxyl groups is 2. The molecule has 2 aliphatic heterocycles. The van der Waals surface area contributed by atoms with Crippen molar-refractivity contribution in [3.05, 3.63) is 128 Å². The van der Waals surface area contributed by atoms with Gasteiger partial charge in [-0.1, -0.05) is 48.5 Å². The number of carbonyl (C=O) groups is 4. The molecule has 4 aromatic carbocycles. The van der Waals surface area contributed by atoms with Gasteiger partial charge in [-0.25, -0.2) is 0 Å². The Hall–Kier alpha value is -5.14. The van der Waals surface area contributed by atoms with E-state index < -0.39 is 24.2 Å². The van der Waals surface area contributed by atoms with E-state index >= 15 is 0 Å². The maximum absolute atomic E-state index is 13.9. The van der Waals surface area contributed by atoms with Crippen LogP contribution >= 0.6 is 24.8 Å². The first-order chi connectivity index (χ1) is 27.7. The first-order valence-corrected chi connectivity index (χ1v) is 20.1. The third kappa shape index (κ3) is 11.0. The van der Waals surface area contributed by atoms with E-state index in [2.05, 4.69) is 10.6 Å². The van der Waals surface area contributed by atoms with Gasteiger partial charge in [-0.2, -0.15) is 0 Å². The third-order valence-corrected chi connectivity index (χ3v) is 11.7. The second kappa shape index (κ2) is 20.9. The van der Waals surface area contributed by atoms with Crippen LogP contribution in [0.25, 0.3) is 0 Å². The van der Waals surface area contributed by atoms with E-state index in [-0.39, 0.29) is 85.9 Å². The van der Waals surface area contributed by atoms with Crippen molar-refractivity contribution < 1.29 is 29.4 Å². The number of hydrogen-bond donors (Lipinski definition) is 6. The van der Waals surface area contributed by atoms with Gasteiger partial charge in [0.25, 0.3) is 0 Å². The van der Waals surface area contributed by atoms with Crippen LogP contribution in [0, 0.1) is 27.7 Å². The number of nitrogens with zero attached hydrogens (tertiary/aromatic N) is 2. The molecule has 0 unspecified atom stereocenters. The predicted molar refractivity (Wildman–Crippen MR) is 237 cm³/mol. The zero-order chi connectivity index (χ0) is 41.7. The van der Waals surface area contributed by atoms with Crippen molar-refractivity contribution in [2.45, 2.75) is 103 Å². The van der Waals surface area contributed by atoms with Gasteiger partial charge in [0.1, 0.15) is 23.6 Å². The lowest BCUT2D eigenvalue weighted by Gasteiger charge is -2.37. The Labute approximate surface area is 364 Å². The summed E-state index contributed by atoms with van der Waals surface area (Å²) in [7, 11) is 0. The summed E-state index contributed by atoms with van der Waals surface area (Å²) in [5.41, 5.74) is 22.2. The van der Waals surface area contributed by atoms with E-state index in [1.807, 2.05) is 76.2 Å². The lowest BCUT2D eigenvalue weighted by molar-refractivity contribution is -0.143. The molecule has 322 valence electrons. The summed E-state index contributed by atoms with van der Waals surface area (Å²) in [6, 6.07) is 19.0. The maximum atomic E-state index is 13.9. The van der Waals surface area contributed by atoms with E-state index in [4.69, 9.17) is 11.5 Å². The molecule has 0 spiro atoms. The lowest BCUT2D eigenvalue weighted by atomic mass is 9.91. The molecule has 4 amide bonds. The van der Waals surface area contributed by atoms with Crippen molar-refractivity contribution in [3.63, 3.8) is 0 Å². The Morgan fingerprint density at radius 3 is 1.25 bits per heavy atom. The van der Waals surface area contributed by atoms with Gasteiger partial charge in [0.05, 0.1) is 12.1 Å². The van der Waals surface area contributed by atoms with Gasteiger partial charge in [0, 0.05) is 39.0 Å². The van der Waals surface area contributed by atoms with Crippen molar-refractivity contribution in [2.24, 2.45) is 11.5 Å². The van der Waals surface area contributed by atoms with Gasteiger partial charge >= 0.3 is 0 Å². The minimum atomic E-state index is -0.877.